The highest BCUT2D eigenvalue weighted by atomic mass is 35.5. The first kappa shape index (κ1) is 13.7. The number of hydrogen-bond donors (Lipinski definition) is 2. The van der Waals surface area contributed by atoms with Crippen LogP contribution in [0.1, 0.15) is 26.3 Å². The van der Waals surface area contributed by atoms with Gasteiger partial charge in [-0.2, -0.15) is 0 Å². The van der Waals surface area contributed by atoms with Gasteiger partial charge in [0.1, 0.15) is 0 Å². The molecule has 1 aromatic heterocycles. The SMILES string of the molecule is CONC(=O)Nc1c(Cl)cncc1C(C)(C)C. The van der Waals surface area contributed by atoms with Crippen LogP contribution in [0.25, 0.3) is 0 Å². The molecular weight excluding hydrogens is 242 g/mol. The van der Waals surface area contributed by atoms with Crippen LogP contribution in [0.4, 0.5) is 10.5 Å². The second kappa shape index (κ2) is 5.33. The average molecular weight is 258 g/mol. The van der Waals surface area contributed by atoms with Gasteiger partial charge in [-0.15, -0.1) is 0 Å². The van der Waals surface area contributed by atoms with Gasteiger partial charge in [0.2, 0.25) is 0 Å². The molecule has 0 bridgehead atoms. The molecule has 1 rings (SSSR count). The van der Waals surface area contributed by atoms with E-state index in [-0.39, 0.29) is 5.41 Å². The van der Waals surface area contributed by atoms with Gasteiger partial charge in [0.15, 0.2) is 0 Å². The molecule has 0 fully saturated rings. The number of carbonyl (C=O) groups is 1. The van der Waals surface area contributed by atoms with Crippen molar-refractivity contribution in [1.29, 1.82) is 0 Å². The predicted octanol–water partition coefficient (Wildman–Crippen LogP) is 2.72. The number of anilines is 1. The summed E-state index contributed by atoms with van der Waals surface area (Å²) in [5, 5.41) is 3.03. The van der Waals surface area contributed by atoms with Gasteiger partial charge < -0.3 is 5.32 Å². The zero-order valence-corrected chi connectivity index (χ0v) is 11.1. The summed E-state index contributed by atoms with van der Waals surface area (Å²) in [6, 6.07) is -0.480. The second-order valence-electron chi connectivity index (χ2n) is 4.55. The van der Waals surface area contributed by atoms with Crippen molar-refractivity contribution in [3.05, 3.63) is 23.0 Å². The third kappa shape index (κ3) is 3.57. The van der Waals surface area contributed by atoms with Crippen molar-refractivity contribution < 1.29 is 9.63 Å². The van der Waals surface area contributed by atoms with Gasteiger partial charge >= 0.3 is 6.03 Å². The third-order valence-corrected chi connectivity index (χ3v) is 2.43. The molecule has 17 heavy (non-hydrogen) atoms. The van der Waals surface area contributed by atoms with Crippen LogP contribution in [0.2, 0.25) is 5.02 Å². The molecule has 1 heterocycles. The first-order valence-electron chi connectivity index (χ1n) is 5.10. The lowest BCUT2D eigenvalue weighted by Gasteiger charge is -2.23. The van der Waals surface area contributed by atoms with Crippen molar-refractivity contribution in [2.75, 3.05) is 12.4 Å². The molecule has 1 aromatic rings. The minimum atomic E-state index is -0.480. The van der Waals surface area contributed by atoms with E-state index in [0.29, 0.717) is 10.7 Å². The highest BCUT2D eigenvalue weighted by Crippen LogP contribution is 2.33. The minimum absolute atomic E-state index is 0.173. The lowest BCUT2D eigenvalue weighted by atomic mass is 9.87. The zero-order valence-electron chi connectivity index (χ0n) is 10.3. The Labute approximate surface area is 105 Å². The molecule has 0 aliphatic heterocycles. The van der Waals surface area contributed by atoms with Gasteiger partial charge in [0, 0.05) is 18.0 Å². The Hall–Kier alpha value is -1.33. The molecule has 0 atom stereocenters. The van der Waals surface area contributed by atoms with Gasteiger partial charge in [0.05, 0.1) is 17.8 Å². The molecule has 0 aromatic carbocycles. The van der Waals surface area contributed by atoms with Gasteiger partial charge in [0.25, 0.3) is 0 Å². The molecule has 2 N–H and O–H groups in total. The maximum Gasteiger partial charge on any atom is 0.343 e. The van der Waals surface area contributed by atoms with Crippen LogP contribution >= 0.6 is 11.6 Å². The molecular formula is C11H16ClN3O2. The number of nitrogens with one attached hydrogen (secondary N) is 2. The Morgan fingerprint density at radius 2 is 2.06 bits per heavy atom. The number of pyridine rings is 1. The molecule has 0 spiro atoms. The standard InChI is InChI=1S/C11H16ClN3O2/c1-11(2,3)7-5-13-6-8(12)9(7)14-10(16)15-17-4/h5-6H,1-4H3,(H2,13,14,15,16). The summed E-state index contributed by atoms with van der Waals surface area (Å²) in [6.45, 7) is 6.04. The summed E-state index contributed by atoms with van der Waals surface area (Å²) in [5.74, 6) is 0. The predicted molar refractivity (Wildman–Crippen MR) is 67.1 cm³/mol. The fourth-order valence-corrected chi connectivity index (χ4v) is 1.57. The smallest absolute Gasteiger partial charge is 0.304 e. The topological polar surface area (TPSA) is 63.2 Å². The molecule has 0 saturated carbocycles. The lowest BCUT2D eigenvalue weighted by molar-refractivity contribution is 0.114. The summed E-state index contributed by atoms with van der Waals surface area (Å²) in [5.41, 5.74) is 3.40. The lowest BCUT2D eigenvalue weighted by Crippen LogP contribution is -2.29. The number of urea groups is 1. The summed E-state index contributed by atoms with van der Waals surface area (Å²) in [6.07, 6.45) is 3.17. The van der Waals surface area contributed by atoms with E-state index in [9.17, 15) is 4.79 Å². The maximum absolute atomic E-state index is 11.4. The Morgan fingerprint density at radius 1 is 1.41 bits per heavy atom. The molecule has 0 unspecified atom stereocenters. The van der Waals surface area contributed by atoms with Gasteiger partial charge in [-0.1, -0.05) is 32.4 Å². The number of halogens is 1. The quantitative estimate of drug-likeness (QED) is 0.801. The van der Waals surface area contributed by atoms with E-state index in [1.807, 2.05) is 20.8 Å². The van der Waals surface area contributed by atoms with Gasteiger partial charge in [-0.25, -0.2) is 10.3 Å². The number of hydrogen-bond acceptors (Lipinski definition) is 3. The maximum atomic E-state index is 11.4. The van der Waals surface area contributed by atoms with Crippen LogP contribution in [0, 0.1) is 0 Å². The zero-order chi connectivity index (χ0) is 13.1. The third-order valence-electron chi connectivity index (χ3n) is 2.14. The highest BCUT2D eigenvalue weighted by molar-refractivity contribution is 6.33. The molecule has 5 nitrogen and oxygen atoms in total. The monoisotopic (exact) mass is 257 g/mol. The molecule has 2 amide bonds. The Balaban J connectivity index is 3.09. The second-order valence-corrected chi connectivity index (χ2v) is 4.96. The van der Waals surface area contributed by atoms with Crippen molar-refractivity contribution in [3.8, 4) is 0 Å². The van der Waals surface area contributed by atoms with Crippen LogP contribution in [0.5, 0.6) is 0 Å². The molecule has 0 aliphatic carbocycles. The Bertz CT molecular complexity index is 416. The average Bonchev–Trinajstić information content (AvgIpc) is 2.19. The fourth-order valence-electron chi connectivity index (χ4n) is 1.36. The largest absolute Gasteiger partial charge is 0.343 e. The van der Waals surface area contributed by atoms with Gasteiger partial charge in [-0.05, 0) is 5.41 Å². The summed E-state index contributed by atoms with van der Waals surface area (Å²) < 4.78 is 0. The Kier molecular flexibility index (Phi) is 4.31. The summed E-state index contributed by atoms with van der Waals surface area (Å²) >= 11 is 6.03. The van der Waals surface area contributed by atoms with Crippen LogP contribution in [0.15, 0.2) is 12.4 Å². The number of carbonyl (C=O) groups excluding carboxylic acids is 1. The molecule has 94 valence electrons. The van der Waals surface area contributed by atoms with Crippen LogP contribution in [-0.4, -0.2) is 18.1 Å². The van der Waals surface area contributed by atoms with E-state index < -0.39 is 6.03 Å². The van der Waals surface area contributed by atoms with Crippen molar-refractivity contribution in [2.24, 2.45) is 0 Å². The number of rotatable bonds is 2. The number of aromatic nitrogens is 1. The van der Waals surface area contributed by atoms with Crippen molar-refractivity contribution in [1.82, 2.24) is 10.5 Å². The van der Waals surface area contributed by atoms with E-state index in [2.05, 4.69) is 20.6 Å². The number of amides is 2. The van der Waals surface area contributed by atoms with Crippen LogP contribution in [-0.2, 0) is 10.3 Å². The highest BCUT2D eigenvalue weighted by Gasteiger charge is 2.21. The van der Waals surface area contributed by atoms with Crippen LogP contribution < -0.4 is 10.8 Å². The number of hydroxylamine groups is 1. The fraction of sp³-hybridized carbons (Fsp3) is 0.455. The Morgan fingerprint density at radius 3 is 2.59 bits per heavy atom. The first-order chi connectivity index (χ1) is 7.86. The van der Waals surface area contributed by atoms with E-state index in [1.54, 1.807) is 6.20 Å². The van der Waals surface area contributed by atoms with E-state index in [0.717, 1.165) is 5.56 Å². The minimum Gasteiger partial charge on any atom is -0.304 e. The molecule has 0 saturated heterocycles. The van der Waals surface area contributed by atoms with Crippen molar-refractivity contribution in [2.45, 2.75) is 26.2 Å². The summed E-state index contributed by atoms with van der Waals surface area (Å²) in [4.78, 5) is 20.0. The number of nitrogens with zero attached hydrogens (tertiary/aromatic N) is 1. The molecule has 6 heteroatoms. The first-order valence-corrected chi connectivity index (χ1v) is 5.48. The van der Waals surface area contributed by atoms with Crippen LogP contribution in [0.3, 0.4) is 0 Å². The molecule has 0 aliphatic rings. The normalized spacial score (nSPS) is 11.1. The molecule has 0 radical (unpaired) electrons. The summed E-state index contributed by atoms with van der Waals surface area (Å²) in [7, 11) is 1.36. The van der Waals surface area contributed by atoms with E-state index in [1.165, 1.54) is 13.3 Å². The van der Waals surface area contributed by atoms with E-state index >= 15 is 0 Å². The van der Waals surface area contributed by atoms with Crippen molar-refractivity contribution in [3.63, 3.8) is 0 Å². The van der Waals surface area contributed by atoms with Crippen molar-refractivity contribution >= 4 is 23.3 Å². The van der Waals surface area contributed by atoms with Gasteiger partial charge in [-0.3, -0.25) is 9.82 Å². The van der Waals surface area contributed by atoms with E-state index in [4.69, 9.17) is 11.6 Å².